The quantitative estimate of drug-likeness (QED) is 0.617. The molecule has 1 aliphatic heterocycles. The molecule has 6 nitrogen and oxygen atoms in total. The van der Waals surface area contributed by atoms with Crippen LogP contribution in [0.15, 0.2) is 48.7 Å². The molecule has 170 valence electrons. The van der Waals surface area contributed by atoms with E-state index in [1.54, 1.807) is 6.92 Å². The number of nitrogens with one attached hydrogen (secondary N) is 1. The summed E-state index contributed by atoms with van der Waals surface area (Å²) >= 11 is 0. The minimum Gasteiger partial charge on any atom is -0.332 e. The highest BCUT2D eigenvalue weighted by molar-refractivity contribution is 6.04. The first kappa shape index (κ1) is 22.6. The Bertz CT molecular complexity index is 1190. The number of carbonyl (C=O) groups is 2. The van der Waals surface area contributed by atoms with Crippen LogP contribution in [0.3, 0.4) is 0 Å². The first-order valence-corrected chi connectivity index (χ1v) is 11.1. The van der Waals surface area contributed by atoms with Crippen LogP contribution in [-0.2, 0) is 11.2 Å². The Morgan fingerprint density at radius 2 is 1.85 bits per heavy atom. The zero-order valence-electron chi connectivity index (χ0n) is 19.1. The summed E-state index contributed by atoms with van der Waals surface area (Å²) in [5, 5.41) is 2.73. The van der Waals surface area contributed by atoms with Gasteiger partial charge < -0.3 is 10.2 Å². The van der Waals surface area contributed by atoms with Crippen molar-refractivity contribution >= 4 is 17.5 Å². The number of rotatable bonds is 5. The molecule has 1 aliphatic rings. The van der Waals surface area contributed by atoms with Crippen LogP contribution in [0.25, 0.3) is 0 Å². The van der Waals surface area contributed by atoms with Gasteiger partial charge in [-0.15, -0.1) is 0 Å². The third-order valence-electron chi connectivity index (χ3n) is 6.14. The zero-order chi connectivity index (χ0) is 23.5. The Labute approximate surface area is 192 Å². The van der Waals surface area contributed by atoms with Crippen LogP contribution in [0.4, 0.5) is 10.1 Å². The molecule has 1 fully saturated rings. The normalized spacial score (nSPS) is 15.5. The van der Waals surface area contributed by atoms with E-state index in [4.69, 9.17) is 0 Å². The van der Waals surface area contributed by atoms with E-state index in [9.17, 15) is 14.0 Å². The summed E-state index contributed by atoms with van der Waals surface area (Å²) in [4.78, 5) is 36.6. The molecule has 4 rings (SSSR count). The number of benzene rings is 2. The molecular formula is C26H27FN4O2. The van der Waals surface area contributed by atoms with Crippen molar-refractivity contribution in [2.75, 3.05) is 11.9 Å². The number of anilines is 1. The van der Waals surface area contributed by atoms with Gasteiger partial charge in [-0.3, -0.25) is 9.59 Å². The predicted octanol–water partition coefficient (Wildman–Crippen LogP) is 4.70. The summed E-state index contributed by atoms with van der Waals surface area (Å²) in [6, 6.07) is 11.5. The van der Waals surface area contributed by atoms with Gasteiger partial charge in [0, 0.05) is 18.4 Å². The molecule has 0 saturated carbocycles. The van der Waals surface area contributed by atoms with E-state index in [2.05, 4.69) is 28.3 Å². The summed E-state index contributed by atoms with van der Waals surface area (Å²) in [6.07, 6.45) is 3.52. The molecule has 0 bridgehead atoms. The van der Waals surface area contributed by atoms with Crippen molar-refractivity contribution in [3.8, 4) is 0 Å². The van der Waals surface area contributed by atoms with Crippen molar-refractivity contribution in [3.05, 3.63) is 88.3 Å². The van der Waals surface area contributed by atoms with Gasteiger partial charge >= 0.3 is 0 Å². The Morgan fingerprint density at radius 3 is 2.55 bits per heavy atom. The van der Waals surface area contributed by atoms with E-state index >= 15 is 0 Å². The molecule has 1 N–H and O–H groups in total. The van der Waals surface area contributed by atoms with Gasteiger partial charge in [-0.2, -0.15) is 0 Å². The molecular weight excluding hydrogens is 419 g/mol. The summed E-state index contributed by atoms with van der Waals surface area (Å²) in [7, 11) is 0. The second kappa shape index (κ2) is 9.48. The van der Waals surface area contributed by atoms with Crippen molar-refractivity contribution in [1.82, 2.24) is 14.9 Å². The number of hydrogen-bond acceptors (Lipinski definition) is 4. The molecule has 1 atom stereocenters. The van der Waals surface area contributed by atoms with Gasteiger partial charge in [-0.05, 0) is 74.6 Å². The highest BCUT2D eigenvalue weighted by Gasteiger charge is 2.32. The van der Waals surface area contributed by atoms with Gasteiger partial charge in [0.25, 0.3) is 5.91 Å². The first-order valence-electron chi connectivity index (χ1n) is 11.1. The lowest BCUT2D eigenvalue weighted by Crippen LogP contribution is -2.33. The van der Waals surface area contributed by atoms with E-state index in [1.807, 2.05) is 24.0 Å². The van der Waals surface area contributed by atoms with Crippen molar-refractivity contribution in [2.45, 2.75) is 46.1 Å². The van der Waals surface area contributed by atoms with Crippen LogP contribution < -0.4 is 5.32 Å². The molecule has 33 heavy (non-hydrogen) atoms. The smallest absolute Gasteiger partial charge is 0.259 e. The molecule has 3 aromatic rings. The summed E-state index contributed by atoms with van der Waals surface area (Å²) < 4.78 is 13.1. The largest absolute Gasteiger partial charge is 0.332 e. The van der Waals surface area contributed by atoms with Crippen molar-refractivity contribution in [3.63, 3.8) is 0 Å². The zero-order valence-corrected chi connectivity index (χ0v) is 19.1. The highest BCUT2D eigenvalue weighted by atomic mass is 19.1. The Morgan fingerprint density at radius 1 is 1.09 bits per heavy atom. The van der Waals surface area contributed by atoms with E-state index < -0.39 is 0 Å². The van der Waals surface area contributed by atoms with Crippen LogP contribution in [0.2, 0.25) is 0 Å². The Kier molecular flexibility index (Phi) is 6.49. The fraction of sp³-hybridized carbons (Fsp3) is 0.308. The lowest BCUT2D eigenvalue weighted by Gasteiger charge is -2.24. The van der Waals surface area contributed by atoms with Crippen molar-refractivity contribution < 1.29 is 14.0 Å². The van der Waals surface area contributed by atoms with Gasteiger partial charge in [0.2, 0.25) is 5.91 Å². The lowest BCUT2D eigenvalue weighted by molar-refractivity contribution is -0.131. The van der Waals surface area contributed by atoms with Gasteiger partial charge in [0.05, 0.1) is 23.7 Å². The maximum atomic E-state index is 13.1. The van der Waals surface area contributed by atoms with Crippen LogP contribution in [0.1, 0.15) is 57.5 Å². The van der Waals surface area contributed by atoms with Gasteiger partial charge in [0.15, 0.2) is 5.82 Å². The van der Waals surface area contributed by atoms with Crippen molar-refractivity contribution in [1.29, 1.82) is 0 Å². The fourth-order valence-electron chi connectivity index (χ4n) is 4.12. The highest BCUT2D eigenvalue weighted by Crippen LogP contribution is 2.31. The third kappa shape index (κ3) is 5.08. The average Bonchev–Trinajstić information content (AvgIpc) is 3.28. The molecule has 2 aromatic carbocycles. The monoisotopic (exact) mass is 446 g/mol. The number of hydrogen-bond donors (Lipinski definition) is 1. The van der Waals surface area contributed by atoms with Gasteiger partial charge in [-0.1, -0.05) is 18.2 Å². The average molecular weight is 447 g/mol. The van der Waals surface area contributed by atoms with Crippen molar-refractivity contribution in [2.24, 2.45) is 0 Å². The third-order valence-corrected chi connectivity index (χ3v) is 6.14. The van der Waals surface area contributed by atoms with E-state index in [0.29, 0.717) is 35.7 Å². The molecule has 2 amide bonds. The van der Waals surface area contributed by atoms with E-state index in [0.717, 1.165) is 18.4 Å². The molecule has 1 aromatic heterocycles. The SMILES string of the molecule is Cc1ccc(CC(=O)N2CCC[C@H]2c2ncc(C(=O)Nc3ccc(F)cc3)c(C)n2)cc1C. The number of nitrogens with zero attached hydrogens (tertiary/aromatic N) is 3. The van der Waals surface area contributed by atoms with Crippen LogP contribution >= 0.6 is 0 Å². The number of halogens is 1. The predicted molar refractivity (Wildman–Crippen MR) is 124 cm³/mol. The maximum Gasteiger partial charge on any atom is 0.259 e. The number of aromatic nitrogens is 2. The summed E-state index contributed by atoms with van der Waals surface area (Å²) in [6.45, 7) is 6.53. The van der Waals surface area contributed by atoms with E-state index in [1.165, 1.54) is 41.6 Å². The fourth-order valence-corrected chi connectivity index (χ4v) is 4.12. The molecule has 0 unspecified atom stereocenters. The van der Waals surface area contributed by atoms with Crippen LogP contribution in [-0.4, -0.2) is 33.2 Å². The van der Waals surface area contributed by atoms with Gasteiger partial charge in [-0.25, -0.2) is 14.4 Å². The minimum absolute atomic E-state index is 0.0557. The second-order valence-electron chi connectivity index (χ2n) is 8.53. The second-order valence-corrected chi connectivity index (χ2v) is 8.53. The van der Waals surface area contributed by atoms with Crippen LogP contribution in [0, 0.1) is 26.6 Å². The number of likely N-dealkylation sites (tertiary alicyclic amines) is 1. The molecule has 7 heteroatoms. The minimum atomic E-state index is -0.370. The topological polar surface area (TPSA) is 75.2 Å². The number of carbonyl (C=O) groups excluding carboxylic acids is 2. The van der Waals surface area contributed by atoms with Crippen LogP contribution in [0.5, 0.6) is 0 Å². The molecule has 0 aliphatic carbocycles. The maximum absolute atomic E-state index is 13.1. The summed E-state index contributed by atoms with van der Waals surface area (Å²) in [5.74, 6) is -0.123. The van der Waals surface area contributed by atoms with E-state index in [-0.39, 0.29) is 23.7 Å². The lowest BCUT2D eigenvalue weighted by atomic mass is 10.0. The Balaban J connectivity index is 1.47. The first-order chi connectivity index (χ1) is 15.8. The summed E-state index contributed by atoms with van der Waals surface area (Å²) in [5.41, 5.74) is 4.74. The number of aryl methyl sites for hydroxylation is 3. The molecule has 2 heterocycles. The molecule has 0 radical (unpaired) electrons. The standard InChI is InChI=1S/C26H27FN4O2/c1-16-6-7-19(13-17(16)2)14-24(32)31-12-4-5-23(31)25-28-15-22(18(3)29-25)26(33)30-21-10-8-20(27)9-11-21/h6-11,13,15,23H,4-5,12,14H2,1-3H3,(H,30,33)/t23-/m0/s1. The molecule has 0 spiro atoms. The van der Waals surface area contributed by atoms with Gasteiger partial charge in [0.1, 0.15) is 5.82 Å². The molecule has 1 saturated heterocycles. The number of amides is 2. The Hall–Kier alpha value is -3.61.